The van der Waals surface area contributed by atoms with Gasteiger partial charge in [0.1, 0.15) is 0 Å². The van der Waals surface area contributed by atoms with Gasteiger partial charge in [-0.15, -0.1) is 6.58 Å². The molecule has 0 aromatic heterocycles. The second-order valence-electron chi connectivity index (χ2n) is 3.84. The Morgan fingerprint density at radius 1 is 1.44 bits per heavy atom. The molecule has 0 bridgehead atoms. The quantitative estimate of drug-likeness (QED) is 0.723. The van der Waals surface area contributed by atoms with Gasteiger partial charge in [-0.2, -0.15) is 0 Å². The first-order chi connectivity index (χ1) is 7.73. The maximum absolute atomic E-state index is 12.3. The van der Waals surface area contributed by atoms with Crippen LogP contribution in [-0.4, -0.2) is 18.5 Å². The molecule has 0 amide bonds. The van der Waals surface area contributed by atoms with Crippen LogP contribution in [0.4, 0.5) is 0 Å². The van der Waals surface area contributed by atoms with E-state index >= 15 is 0 Å². The van der Waals surface area contributed by atoms with Crippen LogP contribution in [0, 0.1) is 0 Å². The largest absolute Gasteiger partial charge is 0.366 e. The second-order valence-corrected chi connectivity index (χ2v) is 3.84. The fourth-order valence-corrected chi connectivity index (χ4v) is 2.00. The lowest BCUT2D eigenvalue weighted by molar-refractivity contribution is 0.0295. The SMILES string of the molecule is C=CCC1(OC)C=Cc2ccccc2C1=O. The van der Waals surface area contributed by atoms with Gasteiger partial charge >= 0.3 is 0 Å². The molecule has 0 spiro atoms. The zero-order chi connectivity index (χ0) is 11.6. The summed E-state index contributed by atoms with van der Waals surface area (Å²) < 4.78 is 5.38. The lowest BCUT2D eigenvalue weighted by Crippen LogP contribution is -2.40. The molecule has 1 aromatic carbocycles. The summed E-state index contributed by atoms with van der Waals surface area (Å²) in [5.74, 6) is 0.00741. The number of ether oxygens (including phenoxy) is 1. The summed E-state index contributed by atoms with van der Waals surface area (Å²) >= 11 is 0. The van der Waals surface area contributed by atoms with Gasteiger partial charge in [-0.3, -0.25) is 4.79 Å². The molecule has 1 aliphatic carbocycles. The van der Waals surface area contributed by atoms with Crippen LogP contribution in [-0.2, 0) is 4.74 Å². The molecule has 2 rings (SSSR count). The molecule has 1 atom stereocenters. The summed E-state index contributed by atoms with van der Waals surface area (Å²) in [6.07, 6.45) is 5.95. The van der Waals surface area contributed by atoms with Crippen molar-refractivity contribution in [1.29, 1.82) is 0 Å². The summed E-state index contributed by atoms with van der Waals surface area (Å²) in [4.78, 5) is 12.3. The predicted molar refractivity (Wildman–Crippen MR) is 64.4 cm³/mol. The number of hydrogen-bond acceptors (Lipinski definition) is 2. The van der Waals surface area contributed by atoms with Gasteiger partial charge in [-0.1, -0.05) is 36.4 Å². The van der Waals surface area contributed by atoms with E-state index in [2.05, 4.69) is 6.58 Å². The van der Waals surface area contributed by atoms with Crippen molar-refractivity contribution in [2.45, 2.75) is 12.0 Å². The molecular formula is C14H14O2. The molecule has 2 nitrogen and oxygen atoms in total. The normalized spacial score (nSPS) is 22.9. The fourth-order valence-electron chi connectivity index (χ4n) is 2.00. The Morgan fingerprint density at radius 3 is 2.88 bits per heavy atom. The van der Waals surface area contributed by atoms with Gasteiger partial charge in [-0.05, 0) is 11.6 Å². The summed E-state index contributed by atoms with van der Waals surface area (Å²) in [5.41, 5.74) is 0.800. The predicted octanol–water partition coefficient (Wildman–Crippen LogP) is 2.86. The Hall–Kier alpha value is -1.67. The number of fused-ring (bicyclic) bond motifs is 1. The minimum absolute atomic E-state index is 0.00741. The van der Waals surface area contributed by atoms with E-state index in [0.717, 1.165) is 5.56 Å². The number of rotatable bonds is 3. The molecule has 0 saturated carbocycles. The van der Waals surface area contributed by atoms with Gasteiger partial charge in [0.25, 0.3) is 0 Å². The Bertz CT molecular complexity index is 460. The van der Waals surface area contributed by atoms with Crippen LogP contribution in [0.1, 0.15) is 22.3 Å². The molecule has 2 heteroatoms. The molecule has 1 aromatic rings. The Balaban J connectivity index is 2.51. The summed E-state index contributed by atoms with van der Waals surface area (Å²) in [6, 6.07) is 7.54. The molecule has 0 saturated heterocycles. The molecule has 82 valence electrons. The zero-order valence-corrected chi connectivity index (χ0v) is 9.27. The first-order valence-corrected chi connectivity index (χ1v) is 5.22. The molecule has 0 N–H and O–H groups in total. The van der Waals surface area contributed by atoms with E-state index in [1.54, 1.807) is 13.2 Å². The van der Waals surface area contributed by atoms with Crippen molar-refractivity contribution in [2.24, 2.45) is 0 Å². The van der Waals surface area contributed by atoms with Crippen molar-refractivity contribution in [3.8, 4) is 0 Å². The van der Waals surface area contributed by atoms with Gasteiger partial charge in [0.15, 0.2) is 11.4 Å². The summed E-state index contributed by atoms with van der Waals surface area (Å²) in [5, 5.41) is 0. The van der Waals surface area contributed by atoms with Crippen molar-refractivity contribution in [3.05, 3.63) is 54.1 Å². The van der Waals surface area contributed by atoms with E-state index in [4.69, 9.17) is 4.74 Å². The number of Topliss-reactive ketones (excluding diaryl/α,β-unsaturated/α-hetero) is 1. The maximum Gasteiger partial charge on any atom is 0.199 e. The van der Waals surface area contributed by atoms with Crippen molar-refractivity contribution >= 4 is 11.9 Å². The molecule has 0 aliphatic heterocycles. The highest BCUT2D eigenvalue weighted by Gasteiger charge is 2.38. The van der Waals surface area contributed by atoms with Crippen LogP contribution in [0.2, 0.25) is 0 Å². The van der Waals surface area contributed by atoms with Gasteiger partial charge in [0, 0.05) is 19.1 Å². The molecule has 0 fully saturated rings. The van der Waals surface area contributed by atoms with Crippen LogP contribution >= 0.6 is 0 Å². The highest BCUT2D eigenvalue weighted by molar-refractivity contribution is 6.09. The van der Waals surface area contributed by atoms with Crippen LogP contribution in [0.25, 0.3) is 6.08 Å². The smallest absolute Gasteiger partial charge is 0.199 e. The van der Waals surface area contributed by atoms with E-state index in [-0.39, 0.29) is 5.78 Å². The number of carbonyl (C=O) groups is 1. The Morgan fingerprint density at radius 2 is 2.19 bits per heavy atom. The highest BCUT2D eigenvalue weighted by atomic mass is 16.5. The van der Waals surface area contributed by atoms with Gasteiger partial charge in [-0.25, -0.2) is 0 Å². The zero-order valence-electron chi connectivity index (χ0n) is 9.27. The lowest BCUT2D eigenvalue weighted by Gasteiger charge is -2.30. The molecule has 0 heterocycles. The van der Waals surface area contributed by atoms with Gasteiger partial charge < -0.3 is 4.74 Å². The monoisotopic (exact) mass is 214 g/mol. The number of methoxy groups -OCH3 is 1. The standard InChI is InChI=1S/C14H14O2/c1-3-9-14(16-2)10-8-11-6-4-5-7-12(11)13(14)15/h3-8,10H,1,9H2,2H3. The van der Waals surface area contributed by atoms with Crippen molar-refractivity contribution in [2.75, 3.05) is 7.11 Å². The second kappa shape index (κ2) is 4.06. The van der Waals surface area contributed by atoms with Crippen LogP contribution in [0.15, 0.2) is 43.0 Å². The average molecular weight is 214 g/mol. The third-order valence-corrected chi connectivity index (χ3v) is 2.93. The van der Waals surface area contributed by atoms with E-state index in [1.807, 2.05) is 36.4 Å². The first kappa shape index (κ1) is 10.8. The maximum atomic E-state index is 12.3. The third kappa shape index (κ3) is 1.51. The van der Waals surface area contributed by atoms with E-state index in [1.165, 1.54) is 0 Å². The van der Waals surface area contributed by atoms with Gasteiger partial charge in [0.05, 0.1) is 0 Å². The summed E-state index contributed by atoms with van der Waals surface area (Å²) in [7, 11) is 1.56. The van der Waals surface area contributed by atoms with Crippen LogP contribution in [0.3, 0.4) is 0 Å². The Labute approximate surface area is 95.2 Å². The van der Waals surface area contributed by atoms with Crippen LogP contribution < -0.4 is 0 Å². The summed E-state index contributed by atoms with van der Waals surface area (Å²) in [6.45, 7) is 3.67. The number of ketones is 1. The van der Waals surface area contributed by atoms with E-state index in [9.17, 15) is 4.79 Å². The number of carbonyl (C=O) groups excluding carboxylic acids is 1. The van der Waals surface area contributed by atoms with Crippen LogP contribution in [0.5, 0.6) is 0 Å². The molecular weight excluding hydrogens is 200 g/mol. The number of hydrogen-bond donors (Lipinski definition) is 0. The van der Waals surface area contributed by atoms with Gasteiger partial charge in [0.2, 0.25) is 0 Å². The minimum Gasteiger partial charge on any atom is -0.366 e. The topological polar surface area (TPSA) is 26.3 Å². The molecule has 0 radical (unpaired) electrons. The van der Waals surface area contributed by atoms with Crippen molar-refractivity contribution in [1.82, 2.24) is 0 Å². The van der Waals surface area contributed by atoms with Crippen molar-refractivity contribution in [3.63, 3.8) is 0 Å². The Kier molecular flexibility index (Phi) is 2.75. The van der Waals surface area contributed by atoms with Crippen molar-refractivity contribution < 1.29 is 9.53 Å². The van der Waals surface area contributed by atoms with E-state index < -0.39 is 5.60 Å². The number of benzene rings is 1. The first-order valence-electron chi connectivity index (χ1n) is 5.22. The third-order valence-electron chi connectivity index (χ3n) is 2.93. The van der Waals surface area contributed by atoms with E-state index in [0.29, 0.717) is 12.0 Å². The average Bonchev–Trinajstić information content (AvgIpc) is 2.33. The fraction of sp³-hybridized carbons (Fsp3) is 0.214. The molecule has 1 unspecified atom stereocenters. The minimum atomic E-state index is -0.865. The highest BCUT2D eigenvalue weighted by Crippen LogP contribution is 2.31. The molecule has 1 aliphatic rings. The molecule has 16 heavy (non-hydrogen) atoms. The lowest BCUT2D eigenvalue weighted by atomic mass is 9.82.